The van der Waals surface area contributed by atoms with Gasteiger partial charge in [0.05, 0.1) is 18.4 Å². The number of carbonyl (C=O) groups is 1. The van der Waals surface area contributed by atoms with Crippen molar-refractivity contribution >= 4 is 5.91 Å². The van der Waals surface area contributed by atoms with Gasteiger partial charge in [0, 0.05) is 23.7 Å². The molecule has 1 aromatic heterocycles. The smallest absolute Gasteiger partial charge is 0.416 e. The third-order valence-electron chi connectivity index (χ3n) is 4.00. The summed E-state index contributed by atoms with van der Waals surface area (Å²) in [6, 6.07) is 14.9. The van der Waals surface area contributed by atoms with Crippen LogP contribution in [0.1, 0.15) is 21.5 Å². The minimum atomic E-state index is -4.42. The normalized spacial score (nSPS) is 11.1. The van der Waals surface area contributed by atoms with Gasteiger partial charge in [0.1, 0.15) is 0 Å². The highest BCUT2D eigenvalue weighted by molar-refractivity contribution is 5.94. The van der Waals surface area contributed by atoms with E-state index in [1.165, 1.54) is 19.2 Å². The third kappa shape index (κ3) is 4.64. The van der Waals surface area contributed by atoms with Gasteiger partial charge in [0.25, 0.3) is 5.91 Å². The molecule has 0 fully saturated rings. The molecule has 0 aliphatic carbocycles. The van der Waals surface area contributed by atoms with Crippen LogP contribution in [0.2, 0.25) is 0 Å². The second kappa shape index (κ2) is 8.08. The van der Waals surface area contributed by atoms with Crippen LogP contribution < -0.4 is 10.1 Å². The van der Waals surface area contributed by atoms with Gasteiger partial charge in [-0.15, -0.1) is 10.2 Å². The number of aromatic nitrogens is 2. The van der Waals surface area contributed by atoms with Crippen molar-refractivity contribution < 1.29 is 22.7 Å². The van der Waals surface area contributed by atoms with E-state index in [2.05, 4.69) is 15.5 Å². The summed E-state index contributed by atoms with van der Waals surface area (Å²) in [6.45, 7) is -0.00550. The van der Waals surface area contributed by atoms with Gasteiger partial charge in [-0.05, 0) is 35.9 Å². The standard InChI is InChI=1S/C20H16F3N3O2/c1-28-18-10-9-17(25-26-18)14-5-7-15(8-6-14)19(27)24-12-13-3-2-4-16(11-13)20(21,22)23/h2-11H,12H2,1H3,(H,24,27). The number of hydrogen-bond donors (Lipinski definition) is 1. The maximum Gasteiger partial charge on any atom is 0.416 e. The van der Waals surface area contributed by atoms with Crippen LogP contribution in [-0.4, -0.2) is 23.2 Å². The first-order valence-corrected chi connectivity index (χ1v) is 8.29. The molecule has 1 amide bonds. The molecule has 2 aromatic carbocycles. The summed E-state index contributed by atoms with van der Waals surface area (Å²) in [5.41, 5.74) is 1.40. The molecule has 0 atom stereocenters. The lowest BCUT2D eigenvalue weighted by atomic mass is 10.1. The summed E-state index contributed by atoms with van der Waals surface area (Å²) in [6.07, 6.45) is -4.42. The Morgan fingerprint density at radius 1 is 1.04 bits per heavy atom. The Bertz CT molecular complexity index is 956. The first kappa shape index (κ1) is 19.3. The molecule has 144 valence electrons. The molecule has 0 aliphatic rings. The highest BCUT2D eigenvalue weighted by atomic mass is 19.4. The van der Waals surface area contributed by atoms with E-state index in [0.717, 1.165) is 17.7 Å². The molecule has 0 radical (unpaired) electrons. The number of amides is 1. The second-order valence-corrected chi connectivity index (χ2v) is 5.92. The molecule has 5 nitrogen and oxygen atoms in total. The molecule has 1 N–H and O–H groups in total. The Morgan fingerprint density at radius 3 is 2.39 bits per heavy atom. The lowest BCUT2D eigenvalue weighted by Gasteiger charge is -2.10. The zero-order chi connectivity index (χ0) is 20.1. The summed E-state index contributed by atoms with van der Waals surface area (Å²) < 4.78 is 43.2. The van der Waals surface area contributed by atoms with Crippen LogP contribution in [0, 0.1) is 0 Å². The summed E-state index contributed by atoms with van der Waals surface area (Å²) >= 11 is 0. The summed E-state index contributed by atoms with van der Waals surface area (Å²) in [7, 11) is 1.50. The fourth-order valence-corrected chi connectivity index (χ4v) is 2.52. The average Bonchev–Trinajstić information content (AvgIpc) is 2.72. The maximum absolute atomic E-state index is 12.7. The number of hydrogen-bond acceptors (Lipinski definition) is 4. The topological polar surface area (TPSA) is 64.1 Å². The van der Waals surface area contributed by atoms with Crippen molar-refractivity contribution in [3.05, 3.63) is 77.4 Å². The summed E-state index contributed by atoms with van der Waals surface area (Å²) in [4.78, 5) is 12.3. The molecule has 0 saturated carbocycles. The average molecular weight is 387 g/mol. The first-order valence-electron chi connectivity index (χ1n) is 8.29. The molecule has 3 aromatic rings. The summed E-state index contributed by atoms with van der Waals surface area (Å²) in [5.74, 6) is 0.0131. The number of ether oxygens (including phenoxy) is 1. The quantitative estimate of drug-likeness (QED) is 0.716. The Hall–Kier alpha value is -3.42. The fraction of sp³-hybridized carbons (Fsp3) is 0.150. The lowest BCUT2D eigenvalue weighted by molar-refractivity contribution is -0.137. The van der Waals surface area contributed by atoms with E-state index < -0.39 is 11.7 Å². The number of benzene rings is 2. The number of methoxy groups -OCH3 is 1. The predicted octanol–water partition coefficient (Wildman–Crippen LogP) is 4.10. The van der Waals surface area contributed by atoms with E-state index in [0.29, 0.717) is 22.7 Å². The van der Waals surface area contributed by atoms with E-state index in [1.54, 1.807) is 36.4 Å². The zero-order valence-corrected chi connectivity index (χ0v) is 14.8. The Balaban J connectivity index is 1.65. The molecule has 0 unspecified atom stereocenters. The van der Waals surface area contributed by atoms with Gasteiger partial charge in [0.15, 0.2) is 0 Å². The molecular weight excluding hydrogens is 371 g/mol. The third-order valence-corrected chi connectivity index (χ3v) is 4.00. The minimum Gasteiger partial charge on any atom is -0.480 e. The van der Waals surface area contributed by atoms with Crippen LogP contribution in [0.25, 0.3) is 11.3 Å². The van der Waals surface area contributed by atoms with E-state index in [-0.39, 0.29) is 12.5 Å². The molecule has 0 bridgehead atoms. The van der Waals surface area contributed by atoms with Gasteiger partial charge >= 0.3 is 6.18 Å². The van der Waals surface area contributed by atoms with Crippen molar-refractivity contribution in [1.82, 2.24) is 15.5 Å². The van der Waals surface area contributed by atoms with E-state index >= 15 is 0 Å². The predicted molar refractivity (Wildman–Crippen MR) is 96.6 cm³/mol. The van der Waals surface area contributed by atoms with Crippen molar-refractivity contribution in [2.45, 2.75) is 12.7 Å². The number of halogens is 3. The van der Waals surface area contributed by atoms with Gasteiger partial charge in [0.2, 0.25) is 5.88 Å². The van der Waals surface area contributed by atoms with Crippen LogP contribution >= 0.6 is 0 Å². The van der Waals surface area contributed by atoms with Crippen molar-refractivity contribution in [1.29, 1.82) is 0 Å². The van der Waals surface area contributed by atoms with Crippen LogP contribution in [0.3, 0.4) is 0 Å². The minimum absolute atomic E-state index is 0.00550. The lowest BCUT2D eigenvalue weighted by Crippen LogP contribution is -2.23. The second-order valence-electron chi connectivity index (χ2n) is 5.92. The van der Waals surface area contributed by atoms with E-state index in [1.807, 2.05) is 0 Å². The maximum atomic E-state index is 12.7. The first-order chi connectivity index (χ1) is 13.4. The Morgan fingerprint density at radius 2 is 1.79 bits per heavy atom. The van der Waals surface area contributed by atoms with Crippen molar-refractivity contribution in [2.75, 3.05) is 7.11 Å². The van der Waals surface area contributed by atoms with Crippen molar-refractivity contribution in [3.8, 4) is 17.1 Å². The summed E-state index contributed by atoms with van der Waals surface area (Å²) in [5, 5.41) is 10.5. The number of carbonyl (C=O) groups excluding carboxylic acids is 1. The molecule has 1 heterocycles. The van der Waals surface area contributed by atoms with Gasteiger partial charge in [-0.25, -0.2) is 0 Å². The highest BCUT2D eigenvalue weighted by Gasteiger charge is 2.30. The van der Waals surface area contributed by atoms with Gasteiger partial charge in [-0.1, -0.05) is 24.3 Å². The number of rotatable bonds is 5. The molecule has 8 heteroatoms. The SMILES string of the molecule is COc1ccc(-c2ccc(C(=O)NCc3cccc(C(F)(F)F)c3)cc2)nn1. The van der Waals surface area contributed by atoms with E-state index in [4.69, 9.17) is 4.74 Å². The fourth-order valence-electron chi connectivity index (χ4n) is 2.52. The zero-order valence-electron chi connectivity index (χ0n) is 14.8. The van der Waals surface area contributed by atoms with Crippen LogP contribution in [0.5, 0.6) is 5.88 Å². The molecular formula is C20H16F3N3O2. The number of nitrogens with zero attached hydrogens (tertiary/aromatic N) is 2. The number of alkyl halides is 3. The number of nitrogens with one attached hydrogen (secondary N) is 1. The van der Waals surface area contributed by atoms with Gasteiger partial charge < -0.3 is 10.1 Å². The van der Waals surface area contributed by atoms with Crippen LogP contribution in [0.15, 0.2) is 60.7 Å². The Kier molecular flexibility index (Phi) is 5.58. The van der Waals surface area contributed by atoms with Gasteiger partial charge in [-0.3, -0.25) is 4.79 Å². The van der Waals surface area contributed by atoms with Crippen molar-refractivity contribution in [2.24, 2.45) is 0 Å². The van der Waals surface area contributed by atoms with Crippen molar-refractivity contribution in [3.63, 3.8) is 0 Å². The van der Waals surface area contributed by atoms with Gasteiger partial charge in [-0.2, -0.15) is 13.2 Å². The monoisotopic (exact) mass is 387 g/mol. The van der Waals surface area contributed by atoms with Crippen LogP contribution in [-0.2, 0) is 12.7 Å². The highest BCUT2D eigenvalue weighted by Crippen LogP contribution is 2.29. The molecule has 0 aliphatic heterocycles. The Labute approximate surface area is 159 Å². The molecule has 28 heavy (non-hydrogen) atoms. The molecule has 0 saturated heterocycles. The molecule has 0 spiro atoms. The van der Waals surface area contributed by atoms with Crippen LogP contribution in [0.4, 0.5) is 13.2 Å². The van der Waals surface area contributed by atoms with E-state index in [9.17, 15) is 18.0 Å². The molecule has 3 rings (SSSR count). The largest absolute Gasteiger partial charge is 0.480 e.